The largest absolute Gasteiger partial charge is 0.360 e. The average Bonchev–Trinajstić information content (AvgIpc) is 2.47. The monoisotopic (exact) mass is 246 g/mol. The second kappa shape index (κ2) is 6.32. The lowest BCUT2D eigenvalue weighted by atomic mass is 10.6. The average molecular weight is 246 g/mol. The molecule has 0 amide bonds. The first-order valence-corrected chi connectivity index (χ1v) is 6.46. The van der Waals surface area contributed by atoms with Crippen LogP contribution in [0.25, 0.3) is 0 Å². The number of aryl methyl sites for hydroxylation is 1. The van der Waals surface area contributed by atoms with Crippen molar-refractivity contribution in [3.63, 3.8) is 0 Å². The third-order valence-corrected chi connectivity index (χ3v) is 3.88. The van der Waals surface area contributed by atoms with Crippen molar-refractivity contribution in [2.45, 2.75) is 11.1 Å². The van der Waals surface area contributed by atoms with Crippen LogP contribution in [0.15, 0.2) is 4.21 Å². The summed E-state index contributed by atoms with van der Waals surface area (Å²) in [5, 5.41) is 4.33. The first-order valence-electron chi connectivity index (χ1n) is 4.83. The number of nitrogens with one attached hydrogen (secondary N) is 2. The topological polar surface area (TPSA) is 40.2 Å². The zero-order valence-electron chi connectivity index (χ0n) is 9.63. The summed E-state index contributed by atoms with van der Waals surface area (Å²) < 4.78 is 4.29. The Morgan fingerprint density at radius 2 is 2.20 bits per heavy atom. The molecule has 6 heteroatoms. The lowest BCUT2D eigenvalue weighted by molar-refractivity contribution is 0.425. The van der Waals surface area contributed by atoms with E-state index in [4.69, 9.17) is 0 Å². The van der Waals surface area contributed by atoms with Gasteiger partial charge in [-0.2, -0.15) is 0 Å². The second-order valence-corrected chi connectivity index (χ2v) is 5.71. The summed E-state index contributed by atoms with van der Waals surface area (Å²) >= 11 is 3.31. The molecule has 1 heterocycles. The van der Waals surface area contributed by atoms with E-state index in [1.54, 1.807) is 23.3 Å². The molecule has 4 nitrogen and oxygen atoms in total. The van der Waals surface area contributed by atoms with Crippen molar-refractivity contribution in [2.75, 3.05) is 39.5 Å². The van der Waals surface area contributed by atoms with Crippen LogP contribution in [0.4, 0.5) is 5.13 Å². The van der Waals surface area contributed by atoms with Crippen LogP contribution in [-0.2, 0) is 0 Å². The van der Waals surface area contributed by atoms with E-state index in [0.717, 1.165) is 23.9 Å². The van der Waals surface area contributed by atoms with Gasteiger partial charge in [-0.15, -0.1) is 0 Å². The number of anilines is 1. The number of hydrogen-bond donors (Lipinski definition) is 2. The predicted octanol–water partition coefficient (Wildman–Crippen LogP) is 1.65. The number of nitrogens with zero attached hydrogens (tertiary/aromatic N) is 2. The van der Waals surface area contributed by atoms with Crippen molar-refractivity contribution in [2.24, 2.45) is 0 Å². The van der Waals surface area contributed by atoms with Crippen LogP contribution in [0, 0.1) is 6.92 Å². The quantitative estimate of drug-likeness (QED) is 0.747. The predicted molar refractivity (Wildman–Crippen MR) is 68.8 cm³/mol. The van der Waals surface area contributed by atoms with Gasteiger partial charge in [0, 0.05) is 13.1 Å². The summed E-state index contributed by atoms with van der Waals surface area (Å²) in [6.07, 6.45) is 0. The van der Waals surface area contributed by atoms with Gasteiger partial charge >= 0.3 is 0 Å². The molecule has 0 aromatic carbocycles. The van der Waals surface area contributed by atoms with Crippen LogP contribution in [-0.4, -0.2) is 44.1 Å². The highest BCUT2D eigenvalue weighted by molar-refractivity contribution is 7.99. The van der Waals surface area contributed by atoms with Crippen molar-refractivity contribution >= 4 is 28.4 Å². The van der Waals surface area contributed by atoms with Crippen LogP contribution in [0.5, 0.6) is 0 Å². The minimum atomic E-state index is 0.934. The molecule has 1 aromatic heterocycles. The normalized spacial score (nSPS) is 11.0. The highest BCUT2D eigenvalue weighted by atomic mass is 32.2. The Balaban J connectivity index is 2.44. The molecular weight excluding hydrogens is 228 g/mol. The molecule has 2 N–H and O–H groups in total. The van der Waals surface area contributed by atoms with E-state index in [1.807, 2.05) is 14.0 Å². The highest BCUT2D eigenvalue weighted by Crippen LogP contribution is 2.29. The first kappa shape index (κ1) is 12.8. The highest BCUT2D eigenvalue weighted by Gasteiger charge is 2.06. The third-order valence-electron chi connectivity index (χ3n) is 1.78. The van der Waals surface area contributed by atoms with Gasteiger partial charge in [-0.05, 0) is 40.0 Å². The Labute approximate surface area is 99.6 Å². The van der Waals surface area contributed by atoms with E-state index in [-0.39, 0.29) is 0 Å². The Morgan fingerprint density at radius 1 is 1.47 bits per heavy atom. The Hall–Kier alpha value is -0.300. The van der Waals surface area contributed by atoms with Gasteiger partial charge in [-0.3, -0.25) is 4.72 Å². The van der Waals surface area contributed by atoms with Gasteiger partial charge in [0.05, 0.1) is 9.90 Å². The van der Waals surface area contributed by atoms with E-state index in [1.165, 1.54) is 4.21 Å². The minimum absolute atomic E-state index is 0.934. The molecule has 0 saturated carbocycles. The van der Waals surface area contributed by atoms with Gasteiger partial charge < -0.3 is 10.2 Å². The maximum absolute atomic E-state index is 4.45. The Morgan fingerprint density at radius 3 is 2.80 bits per heavy atom. The molecule has 0 unspecified atom stereocenters. The lowest BCUT2D eigenvalue weighted by Gasteiger charge is -2.08. The maximum Gasteiger partial charge on any atom is 0.184 e. The molecule has 1 aromatic rings. The molecule has 0 bridgehead atoms. The third kappa shape index (κ3) is 4.38. The van der Waals surface area contributed by atoms with Crippen LogP contribution < -0.4 is 10.0 Å². The van der Waals surface area contributed by atoms with Crippen LogP contribution in [0.1, 0.15) is 5.69 Å². The van der Waals surface area contributed by atoms with E-state index >= 15 is 0 Å². The molecule has 0 atom stereocenters. The molecule has 0 fully saturated rings. The summed E-state index contributed by atoms with van der Waals surface area (Å²) in [7, 11) is 6.05. The number of rotatable bonds is 6. The van der Waals surface area contributed by atoms with Crippen molar-refractivity contribution in [1.29, 1.82) is 0 Å². The molecule has 0 radical (unpaired) electrons. The first-order chi connectivity index (χ1) is 7.13. The molecule has 0 spiro atoms. The van der Waals surface area contributed by atoms with Gasteiger partial charge in [0.1, 0.15) is 0 Å². The molecule has 0 aliphatic heterocycles. The van der Waals surface area contributed by atoms with Crippen LogP contribution in [0.3, 0.4) is 0 Å². The molecule has 0 aliphatic rings. The van der Waals surface area contributed by atoms with Gasteiger partial charge in [-0.25, -0.2) is 4.98 Å². The number of aromatic nitrogens is 1. The van der Waals surface area contributed by atoms with Gasteiger partial charge in [0.15, 0.2) is 5.13 Å². The minimum Gasteiger partial charge on any atom is -0.360 e. The summed E-state index contributed by atoms with van der Waals surface area (Å²) in [5.41, 5.74) is 1.09. The fraction of sp³-hybridized carbons (Fsp3) is 0.667. The van der Waals surface area contributed by atoms with Crippen LogP contribution >= 0.6 is 23.3 Å². The van der Waals surface area contributed by atoms with E-state index in [9.17, 15) is 0 Å². The summed E-state index contributed by atoms with van der Waals surface area (Å²) in [4.78, 5) is 6.60. The number of thiazole rings is 1. The SMILES string of the molecule is CNSc1sc(NCCN(C)C)nc1C. The fourth-order valence-corrected chi connectivity index (χ4v) is 2.79. The second-order valence-electron chi connectivity index (χ2n) is 3.43. The molecular formula is C9H18N4S2. The van der Waals surface area contributed by atoms with Crippen molar-refractivity contribution in [3.8, 4) is 0 Å². The Kier molecular flexibility index (Phi) is 5.38. The standard InChI is InChI=1S/C9H18N4S2/c1-7-8(15-10-2)14-9(12-7)11-5-6-13(3)4/h10H,5-6H2,1-4H3,(H,11,12). The van der Waals surface area contributed by atoms with Crippen molar-refractivity contribution < 1.29 is 0 Å². The molecule has 0 saturated heterocycles. The number of likely N-dealkylation sites (N-methyl/N-ethyl adjacent to an activating group) is 1. The van der Waals surface area contributed by atoms with Crippen molar-refractivity contribution in [3.05, 3.63) is 5.69 Å². The fourth-order valence-electron chi connectivity index (χ4n) is 1.03. The van der Waals surface area contributed by atoms with E-state index in [0.29, 0.717) is 0 Å². The smallest absolute Gasteiger partial charge is 0.184 e. The lowest BCUT2D eigenvalue weighted by Crippen LogP contribution is -2.20. The molecule has 0 aliphatic carbocycles. The Bertz CT molecular complexity index is 298. The van der Waals surface area contributed by atoms with E-state index in [2.05, 4.69) is 34.0 Å². The molecule has 1 rings (SSSR count). The van der Waals surface area contributed by atoms with Gasteiger partial charge in [0.2, 0.25) is 0 Å². The molecule has 86 valence electrons. The molecule has 15 heavy (non-hydrogen) atoms. The van der Waals surface area contributed by atoms with Crippen molar-refractivity contribution in [1.82, 2.24) is 14.6 Å². The van der Waals surface area contributed by atoms with E-state index < -0.39 is 0 Å². The zero-order chi connectivity index (χ0) is 11.3. The van der Waals surface area contributed by atoms with Crippen LogP contribution in [0.2, 0.25) is 0 Å². The summed E-state index contributed by atoms with van der Waals surface area (Å²) in [5.74, 6) is 0. The summed E-state index contributed by atoms with van der Waals surface area (Å²) in [6.45, 7) is 3.99. The number of hydrogen-bond acceptors (Lipinski definition) is 6. The van der Waals surface area contributed by atoms with Gasteiger partial charge in [-0.1, -0.05) is 11.3 Å². The summed E-state index contributed by atoms with van der Waals surface area (Å²) in [6, 6.07) is 0. The van der Waals surface area contributed by atoms with Gasteiger partial charge in [0.25, 0.3) is 0 Å². The zero-order valence-corrected chi connectivity index (χ0v) is 11.3. The maximum atomic E-state index is 4.45.